The van der Waals surface area contributed by atoms with Crippen molar-refractivity contribution in [3.63, 3.8) is 0 Å². The van der Waals surface area contributed by atoms with Crippen LogP contribution in [0.4, 0.5) is 5.69 Å². The second-order valence-corrected chi connectivity index (χ2v) is 4.89. The molecule has 0 radical (unpaired) electrons. The smallest absolute Gasteiger partial charge is 0.331 e. The molecule has 0 atom stereocenters. The highest BCUT2D eigenvalue weighted by Gasteiger charge is 2.28. The average molecular weight is 262 g/mol. The number of oxazole rings is 1. The summed E-state index contributed by atoms with van der Waals surface area (Å²) in [5.74, 6) is 0.336. The van der Waals surface area contributed by atoms with Crippen molar-refractivity contribution in [3.8, 4) is 0 Å². The molecule has 0 aliphatic rings. The lowest BCUT2D eigenvalue weighted by Gasteiger charge is -2.24. The summed E-state index contributed by atoms with van der Waals surface area (Å²) in [6.07, 6.45) is 0. The normalized spacial score (nSPS) is 11.6. The molecular weight excluding hydrogens is 244 g/mol. The number of anilines is 1. The van der Waals surface area contributed by atoms with Crippen LogP contribution in [0.2, 0.25) is 0 Å². The van der Waals surface area contributed by atoms with Gasteiger partial charge >= 0.3 is 5.97 Å². The first-order valence-electron chi connectivity index (χ1n) is 6.25. The van der Waals surface area contributed by atoms with Gasteiger partial charge in [-0.25, -0.2) is 9.78 Å². The first kappa shape index (κ1) is 13.4. The zero-order valence-corrected chi connectivity index (χ0v) is 11.6. The number of ether oxygens (including phenoxy) is 1. The maximum Gasteiger partial charge on any atom is 0.331 e. The van der Waals surface area contributed by atoms with E-state index in [-0.39, 0.29) is 5.97 Å². The number of hydrogen-bond donors (Lipinski definition) is 1. The summed E-state index contributed by atoms with van der Waals surface area (Å²) in [6, 6.07) is 5.54. The van der Waals surface area contributed by atoms with E-state index in [0.29, 0.717) is 12.5 Å². The Kier molecular flexibility index (Phi) is 3.46. The highest BCUT2D eigenvalue weighted by atomic mass is 16.5. The molecule has 0 amide bonds. The lowest BCUT2D eigenvalue weighted by molar-refractivity contribution is -0.147. The molecule has 0 bridgehead atoms. The molecule has 5 heteroatoms. The Bertz CT molecular complexity index is 602. The van der Waals surface area contributed by atoms with Gasteiger partial charge in [-0.1, -0.05) is 0 Å². The van der Waals surface area contributed by atoms with E-state index in [9.17, 15) is 4.79 Å². The van der Waals surface area contributed by atoms with Crippen LogP contribution in [0, 0.1) is 6.92 Å². The third-order valence-corrected chi connectivity index (χ3v) is 2.74. The van der Waals surface area contributed by atoms with Crippen LogP contribution in [0.3, 0.4) is 0 Å². The molecule has 0 fully saturated rings. The van der Waals surface area contributed by atoms with Crippen LogP contribution in [0.25, 0.3) is 11.1 Å². The van der Waals surface area contributed by atoms with E-state index >= 15 is 0 Å². The summed E-state index contributed by atoms with van der Waals surface area (Å²) in [6.45, 7) is 7.52. The predicted octanol–water partition coefficient (Wildman–Crippen LogP) is 2.89. The fourth-order valence-corrected chi connectivity index (χ4v) is 1.84. The van der Waals surface area contributed by atoms with Gasteiger partial charge in [0.2, 0.25) is 0 Å². The quantitative estimate of drug-likeness (QED) is 0.858. The Hall–Kier alpha value is -2.04. The Morgan fingerprint density at radius 1 is 1.47 bits per heavy atom. The lowest BCUT2D eigenvalue weighted by atomic mass is 10.1. The highest BCUT2D eigenvalue weighted by Crippen LogP contribution is 2.22. The van der Waals surface area contributed by atoms with E-state index < -0.39 is 5.54 Å². The standard InChI is InChI=1S/C14H18N2O3/c1-5-18-13(17)14(3,4)16-10-6-7-12-11(8-10)15-9(2)19-12/h6-8,16H,5H2,1-4H3. The largest absolute Gasteiger partial charge is 0.464 e. The molecule has 0 aliphatic heterocycles. The van der Waals surface area contributed by atoms with Crippen LogP contribution >= 0.6 is 0 Å². The predicted molar refractivity (Wildman–Crippen MR) is 73.1 cm³/mol. The molecule has 2 aromatic rings. The molecular formula is C14H18N2O3. The third kappa shape index (κ3) is 2.86. The highest BCUT2D eigenvalue weighted by molar-refractivity contribution is 5.85. The molecule has 1 heterocycles. The minimum Gasteiger partial charge on any atom is -0.464 e. The first-order chi connectivity index (χ1) is 8.92. The molecule has 0 unspecified atom stereocenters. The van der Waals surface area contributed by atoms with Crippen molar-refractivity contribution in [2.45, 2.75) is 33.2 Å². The summed E-state index contributed by atoms with van der Waals surface area (Å²) < 4.78 is 10.4. The SMILES string of the molecule is CCOC(=O)C(C)(C)Nc1ccc2oc(C)nc2c1. The maximum atomic E-state index is 11.8. The van der Waals surface area contributed by atoms with Crippen LogP contribution in [0.5, 0.6) is 0 Å². The monoisotopic (exact) mass is 262 g/mol. The molecule has 0 saturated heterocycles. The summed E-state index contributed by atoms with van der Waals surface area (Å²) in [7, 11) is 0. The number of aryl methyl sites for hydroxylation is 1. The fraction of sp³-hybridized carbons (Fsp3) is 0.429. The van der Waals surface area contributed by atoms with Crippen molar-refractivity contribution < 1.29 is 13.9 Å². The van der Waals surface area contributed by atoms with Gasteiger partial charge in [-0.2, -0.15) is 0 Å². The van der Waals surface area contributed by atoms with Gasteiger partial charge < -0.3 is 14.5 Å². The van der Waals surface area contributed by atoms with Crippen LogP contribution in [0.15, 0.2) is 22.6 Å². The van der Waals surface area contributed by atoms with Gasteiger partial charge in [0.05, 0.1) is 6.61 Å². The molecule has 1 aromatic heterocycles. The minimum absolute atomic E-state index is 0.286. The van der Waals surface area contributed by atoms with Crippen LogP contribution in [-0.2, 0) is 9.53 Å². The number of carbonyl (C=O) groups excluding carboxylic acids is 1. The zero-order chi connectivity index (χ0) is 14.0. The van der Waals surface area contributed by atoms with Gasteiger partial charge in [-0.3, -0.25) is 0 Å². The summed E-state index contributed by atoms with van der Waals surface area (Å²) in [4.78, 5) is 16.1. The molecule has 1 N–H and O–H groups in total. The van der Waals surface area contributed by atoms with Crippen molar-refractivity contribution in [1.82, 2.24) is 4.98 Å². The van der Waals surface area contributed by atoms with E-state index in [1.165, 1.54) is 0 Å². The number of benzene rings is 1. The molecule has 1 aromatic carbocycles. The van der Waals surface area contributed by atoms with E-state index in [0.717, 1.165) is 16.8 Å². The van der Waals surface area contributed by atoms with Gasteiger partial charge in [0.1, 0.15) is 11.1 Å². The zero-order valence-electron chi connectivity index (χ0n) is 11.6. The molecule has 2 rings (SSSR count). The number of rotatable bonds is 4. The van der Waals surface area contributed by atoms with Crippen LogP contribution < -0.4 is 5.32 Å². The van der Waals surface area contributed by atoms with Crippen molar-refractivity contribution >= 4 is 22.8 Å². The third-order valence-electron chi connectivity index (χ3n) is 2.74. The van der Waals surface area contributed by atoms with E-state index in [1.54, 1.807) is 27.7 Å². The first-order valence-corrected chi connectivity index (χ1v) is 6.25. The lowest BCUT2D eigenvalue weighted by Crippen LogP contribution is -2.41. The Morgan fingerprint density at radius 3 is 2.89 bits per heavy atom. The van der Waals surface area contributed by atoms with Crippen molar-refractivity contribution in [2.24, 2.45) is 0 Å². The van der Waals surface area contributed by atoms with Crippen molar-refractivity contribution in [2.75, 3.05) is 11.9 Å². The van der Waals surface area contributed by atoms with Gasteiger partial charge in [0.25, 0.3) is 0 Å². The number of aromatic nitrogens is 1. The van der Waals surface area contributed by atoms with Gasteiger partial charge in [0.15, 0.2) is 11.5 Å². The van der Waals surface area contributed by atoms with Crippen molar-refractivity contribution in [1.29, 1.82) is 0 Å². The second-order valence-electron chi connectivity index (χ2n) is 4.89. The molecule has 102 valence electrons. The molecule has 0 saturated carbocycles. The molecule has 0 spiro atoms. The summed E-state index contributed by atoms with van der Waals surface area (Å²) in [5.41, 5.74) is 1.51. The average Bonchev–Trinajstić information content (AvgIpc) is 2.68. The Morgan fingerprint density at radius 2 is 2.21 bits per heavy atom. The molecule has 0 aliphatic carbocycles. The fourth-order valence-electron chi connectivity index (χ4n) is 1.84. The van der Waals surface area contributed by atoms with E-state index in [2.05, 4.69) is 10.3 Å². The van der Waals surface area contributed by atoms with E-state index in [1.807, 2.05) is 18.2 Å². The summed E-state index contributed by atoms with van der Waals surface area (Å²) in [5, 5.41) is 3.15. The van der Waals surface area contributed by atoms with Gasteiger partial charge in [-0.15, -0.1) is 0 Å². The number of nitrogens with one attached hydrogen (secondary N) is 1. The topological polar surface area (TPSA) is 64.4 Å². The second kappa shape index (κ2) is 4.91. The minimum atomic E-state index is -0.789. The number of esters is 1. The summed E-state index contributed by atoms with van der Waals surface area (Å²) >= 11 is 0. The molecule has 19 heavy (non-hydrogen) atoms. The molecule has 5 nitrogen and oxygen atoms in total. The van der Waals surface area contributed by atoms with Crippen LogP contribution in [0.1, 0.15) is 26.7 Å². The number of fused-ring (bicyclic) bond motifs is 1. The number of nitrogens with zero attached hydrogens (tertiary/aromatic N) is 1. The maximum absolute atomic E-state index is 11.8. The van der Waals surface area contributed by atoms with Gasteiger partial charge in [0, 0.05) is 12.6 Å². The Balaban J connectivity index is 2.22. The van der Waals surface area contributed by atoms with E-state index in [4.69, 9.17) is 9.15 Å². The number of hydrogen-bond acceptors (Lipinski definition) is 5. The van der Waals surface area contributed by atoms with Crippen molar-refractivity contribution in [3.05, 3.63) is 24.1 Å². The van der Waals surface area contributed by atoms with Crippen LogP contribution in [-0.4, -0.2) is 23.1 Å². The van der Waals surface area contributed by atoms with Gasteiger partial charge in [-0.05, 0) is 39.0 Å². The number of carbonyl (C=O) groups is 1. The Labute approximate surface area is 112 Å².